The van der Waals surface area contributed by atoms with E-state index in [9.17, 15) is 18.3 Å². The summed E-state index contributed by atoms with van der Waals surface area (Å²) in [6, 6.07) is 11.7. The Morgan fingerprint density at radius 1 is 1.00 bits per heavy atom. The highest BCUT2D eigenvalue weighted by atomic mass is 32.2. The lowest BCUT2D eigenvalue weighted by Crippen LogP contribution is -2.50. The molecular formula is C24H32N2O4S. The van der Waals surface area contributed by atoms with Gasteiger partial charge in [-0.3, -0.25) is 9.10 Å². The van der Waals surface area contributed by atoms with Crippen molar-refractivity contribution < 1.29 is 18.3 Å². The van der Waals surface area contributed by atoms with Crippen molar-refractivity contribution in [1.29, 1.82) is 0 Å². The van der Waals surface area contributed by atoms with Gasteiger partial charge in [0.05, 0.1) is 22.7 Å². The first-order chi connectivity index (χ1) is 14.6. The van der Waals surface area contributed by atoms with Crippen LogP contribution in [0.25, 0.3) is 0 Å². The molecule has 0 bridgehead atoms. The van der Waals surface area contributed by atoms with E-state index in [-0.39, 0.29) is 23.4 Å². The number of benzene rings is 2. The zero-order valence-electron chi connectivity index (χ0n) is 18.7. The zero-order chi connectivity index (χ0) is 22.8. The van der Waals surface area contributed by atoms with Gasteiger partial charge in [0.2, 0.25) is 5.91 Å². The second kappa shape index (κ2) is 9.40. The molecule has 0 aromatic heterocycles. The molecule has 1 fully saturated rings. The van der Waals surface area contributed by atoms with Gasteiger partial charge in [0.1, 0.15) is 6.54 Å². The van der Waals surface area contributed by atoms with E-state index in [4.69, 9.17) is 0 Å². The summed E-state index contributed by atoms with van der Waals surface area (Å²) < 4.78 is 28.3. The van der Waals surface area contributed by atoms with Crippen molar-refractivity contribution in [2.75, 3.05) is 17.9 Å². The van der Waals surface area contributed by atoms with Crippen LogP contribution in [0, 0.1) is 20.8 Å². The molecule has 31 heavy (non-hydrogen) atoms. The Bertz CT molecular complexity index is 1030. The lowest BCUT2D eigenvalue weighted by molar-refractivity contribution is -0.133. The number of likely N-dealkylation sites (N-methyl/N-ethyl adjacent to an activating group) is 1. The molecule has 0 aliphatic heterocycles. The van der Waals surface area contributed by atoms with Crippen LogP contribution in [0.5, 0.6) is 0 Å². The Kier molecular flexibility index (Phi) is 7.06. The molecule has 0 heterocycles. The molecule has 0 saturated heterocycles. The number of aliphatic hydroxyl groups is 1. The molecular weight excluding hydrogens is 412 g/mol. The third kappa shape index (κ3) is 5.10. The van der Waals surface area contributed by atoms with Gasteiger partial charge in [-0.1, -0.05) is 36.6 Å². The van der Waals surface area contributed by atoms with Gasteiger partial charge in [-0.15, -0.1) is 0 Å². The molecule has 2 aromatic carbocycles. The predicted molar refractivity (Wildman–Crippen MR) is 123 cm³/mol. The van der Waals surface area contributed by atoms with Crippen molar-refractivity contribution in [2.45, 2.75) is 63.5 Å². The second-order valence-corrected chi connectivity index (χ2v) is 10.4. The van der Waals surface area contributed by atoms with Crippen LogP contribution < -0.4 is 4.31 Å². The molecule has 0 spiro atoms. The van der Waals surface area contributed by atoms with Crippen molar-refractivity contribution in [3.05, 3.63) is 59.2 Å². The minimum atomic E-state index is -3.95. The van der Waals surface area contributed by atoms with Crippen LogP contribution in [-0.2, 0) is 14.8 Å². The average molecular weight is 445 g/mol. The van der Waals surface area contributed by atoms with Gasteiger partial charge in [0.25, 0.3) is 10.0 Å². The van der Waals surface area contributed by atoms with E-state index in [0.717, 1.165) is 36.0 Å². The van der Waals surface area contributed by atoms with E-state index in [2.05, 4.69) is 0 Å². The maximum Gasteiger partial charge on any atom is 0.264 e. The summed E-state index contributed by atoms with van der Waals surface area (Å²) in [6.07, 6.45) is 2.69. The Balaban J connectivity index is 1.96. The van der Waals surface area contributed by atoms with Crippen LogP contribution in [0.2, 0.25) is 0 Å². The Morgan fingerprint density at radius 3 is 2.26 bits per heavy atom. The van der Waals surface area contributed by atoms with E-state index in [1.165, 1.54) is 9.21 Å². The van der Waals surface area contributed by atoms with Crippen LogP contribution in [0.3, 0.4) is 0 Å². The van der Waals surface area contributed by atoms with Crippen LogP contribution in [-0.4, -0.2) is 50.1 Å². The lowest BCUT2D eigenvalue weighted by atomic mass is 9.91. The summed E-state index contributed by atoms with van der Waals surface area (Å²) in [5, 5.41) is 10.3. The summed E-state index contributed by atoms with van der Waals surface area (Å²) in [5.74, 6) is -0.333. The molecule has 2 unspecified atom stereocenters. The fraction of sp³-hybridized carbons (Fsp3) is 0.458. The van der Waals surface area contributed by atoms with E-state index < -0.39 is 16.1 Å². The van der Waals surface area contributed by atoms with Crippen molar-refractivity contribution >= 4 is 21.6 Å². The number of hydrogen-bond donors (Lipinski definition) is 1. The predicted octanol–water partition coefficient (Wildman–Crippen LogP) is 3.57. The summed E-state index contributed by atoms with van der Waals surface area (Å²) >= 11 is 0. The number of carbonyl (C=O) groups is 1. The van der Waals surface area contributed by atoms with E-state index >= 15 is 0 Å². The molecule has 1 aliphatic carbocycles. The highest BCUT2D eigenvalue weighted by molar-refractivity contribution is 7.92. The maximum absolute atomic E-state index is 13.5. The summed E-state index contributed by atoms with van der Waals surface area (Å²) in [7, 11) is -2.30. The SMILES string of the molecule is Cc1ccc(S(=O)(=O)N(CC(=O)N(C)C2CCCCC2O)c2ccc(C)c(C)c2)cc1. The van der Waals surface area contributed by atoms with Crippen molar-refractivity contribution in [3.8, 4) is 0 Å². The molecule has 1 aliphatic rings. The minimum Gasteiger partial charge on any atom is -0.391 e. The van der Waals surface area contributed by atoms with E-state index in [1.54, 1.807) is 43.4 Å². The standard InChI is InChI=1S/C24H32N2O4S/c1-17-9-13-21(14-10-17)31(29,30)26(20-12-11-18(2)19(3)15-20)16-24(28)25(4)22-7-5-6-8-23(22)27/h9-15,22-23,27H,5-8,16H2,1-4H3. The third-order valence-electron chi connectivity index (χ3n) is 6.25. The largest absolute Gasteiger partial charge is 0.391 e. The smallest absolute Gasteiger partial charge is 0.264 e. The maximum atomic E-state index is 13.5. The quantitative estimate of drug-likeness (QED) is 0.739. The Labute approximate surface area is 185 Å². The zero-order valence-corrected chi connectivity index (χ0v) is 19.5. The Hall–Kier alpha value is -2.38. The number of nitrogens with zero attached hydrogens (tertiary/aromatic N) is 2. The number of sulfonamides is 1. The average Bonchev–Trinajstić information content (AvgIpc) is 2.74. The minimum absolute atomic E-state index is 0.143. The molecule has 7 heteroatoms. The molecule has 1 N–H and O–H groups in total. The highest BCUT2D eigenvalue weighted by Gasteiger charge is 2.33. The van der Waals surface area contributed by atoms with Crippen LogP contribution >= 0.6 is 0 Å². The Morgan fingerprint density at radius 2 is 1.65 bits per heavy atom. The van der Waals surface area contributed by atoms with Gasteiger partial charge in [0.15, 0.2) is 0 Å². The van der Waals surface area contributed by atoms with Crippen LogP contribution in [0.4, 0.5) is 5.69 Å². The summed E-state index contributed by atoms with van der Waals surface area (Å²) in [4.78, 5) is 14.8. The first-order valence-corrected chi connectivity index (χ1v) is 12.2. The van der Waals surface area contributed by atoms with Crippen molar-refractivity contribution in [3.63, 3.8) is 0 Å². The molecule has 0 radical (unpaired) electrons. The van der Waals surface area contributed by atoms with Gasteiger partial charge in [-0.25, -0.2) is 8.42 Å². The van der Waals surface area contributed by atoms with Crippen molar-refractivity contribution in [1.82, 2.24) is 4.90 Å². The fourth-order valence-corrected chi connectivity index (χ4v) is 5.40. The highest BCUT2D eigenvalue weighted by Crippen LogP contribution is 2.27. The fourth-order valence-electron chi connectivity index (χ4n) is 4.00. The number of hydrogen-bond acceptors (Lipinski definition) is 4. The first kappa shape index (κ1) is 23.3. The molecule has 1 saturated carbocycles. The number of rotatable bonds is 6. The molecule has 2 atom stereocenters. The third-order valence-corrected chi connectivity index (χ3v) is 8.04. The number of carbonyl (C=O) groups excluding carboxylic acids is 1. The molecule has 2 aromatic rings. The van der Waals surface area contributed by atoms with Gasteiger partial charge in [-0.2, -0.15) is 0 Å². The summed E-state index contributed by atoms with van der Waals surface area (Å²) in [5.41, 5.74) is 3.41. The van der Waals surface area contributed by atoms with Crippen molar-refractivity contribution in [2.24, 2.45) is 0 Å². The normalized spacial score (nSPS) is 19.1. The van der Waals surface area contributed by atoms with Gasteiger partial charge < -0.3 is 10.0 Å². The van der Waals surface area contributed by atoms with Gasteiger partial charge in [-0.05, 0) is 69.0 Å². The first-order valence-electron chi connectivity index (χ1n) is 10.7. The number of anilines is 1. The van der Waals surface area contributed by atoms with E-state index in [0.29, 0.717) is 12.1 Å². The molecule has 6 nitrogen and oxygen atoms in total. The topological polar surface area (TPSA) is 77.9 Å². The van der Waals surface area contributed by atoms with E-state index in [1.807, 2.05) is 26.8 Å². The molecule has 1 amide bonds. The van der Waals surface area contributed by atoms with Crippen LogP contribution in [0.15, 0.2) is 47.4 Å². The molecule has 168 valence electrons. The van der Waals surface area contributed by atoms with Gasteiger partial charge >= 0.3 is 0 Å². The number of aryl methyl sites for hydroxylation is 3. The second-order valence-electron chi connectivity index (χ2n) is 8.52. The number of amides is 1. The van der Waals surface area contributed by atoms with Crippen LogP contribution in [0.1, 0.15) is 42.4 Å². The summed E-state index contributed by atoms with van der Waals surface area (Å²) in [6.45, 7) is 5.45. The monoisotopic (exact) mass is 444 g/mol. The lowest BCUT2D eigenvalue weighted by Gasteiger charge is -2.36. The number of aliphatic hydroxyl groups excluding tert-OH is 1. The van der Waals surface area contributed by atoms with Gasteiger partial charge in [0, 0.05) is 7.05 Å². The molecule has 3 rings (SSSR count).